The molecule has 0 atom stereocenters. The third-order valence-corrected chi connectivity index (χ3v) is 4.45. The van der Waals surface area contributed by atoms with E-state index in [4.69, 9.17) is 9.47 Å². The van der Waals surface area contributed by atoms with E-state index >= 15 is 0 Å². The van der Waals surface area contributed by atoms with E-state index in [0.717, 1.165) is 12.1 Å². The quantitative estimate of drug-likeness (QED) is 0.389. The first-order chi connectivity index (χ1) is 14.9. The monoisotopic (exact) mass is 428 g/mol. The van der Waals surface area contributed by atoms with E-state index in [1.165, 1.54) is 18.2 Å². The van der Waals surface area contributed by atoms with Gasteiger partial charge < -0.3 is 25.4 Å². The van der Waals surface area contributed by atoms with Crippen molar-refractivity contribution in [2.75, 3.05) is 37.4 Å². The van der Waals surface area contributed by atoms with E-state index < -0.39 is 12.0 Å². The van der Waals surface area contributed by atoms with E-state index in [9.17, 15) is 9.59 Å². The number of rotatable bonds is 10. The summed E-state index contributed by atoms with van der Waals surface area (Å²) in [5, 5.41) is 8.78. The van der Waals surface area contributed by atoms with Gasteiger partial charge in [0.2, 0.25) is 5.88 Å². The van der Waals surface area contributed by atoms with E-state index in [1.54, 1.807) is 13.0 Å². The Morgan fingerprint density at radius 3 is 2.35 bits per heavy atom. The van der Waals surface area contributed by atoms with Crippen LogP contribution in [0.2, 0.25) is 0 Å². The lowest BCUT2D eigenvalue weighted by Crippen LogP contribution is -2.33. The number of aromatic nitrogens is 1. The molecule has 0 aliphatic heterocycles. The summed E-state index contributed by atoms with van der Waals surface area (Å²) in [6.07, 6.45) is 1.41. The Hall–Kier alpha value is -3.29. The number of carbonyl (C=O) groups excluding carboxylic acids is 2. The number of urea groups is 1. The van der Waals surface area contributed by atoms with Crippen LogP contribution in [0.25, 0.3) is 0 Å². The predicted octanol–water partition coefficient (Wildman–Crippen LogP) is 4.07. The molecule has 2 aromatic rings. The summed E-state index contributed by atoms with van der Waals surface area (Å²) in [4.78, 5) is 29.1. The van der Waals surface area contributed by atoms with Crippen molar-refractivity contribution in [1.82, 2.24) is 10.3 Å². The van der Waals surface area contributed by atoms with Gasteiger partial charge in [-0.1, -0.05) is 19.4 Å². The molecule has 1 heterocycles. The fourth-order valence-corrected chi connectivity index (χ4v) is 3.22. The summed E-state index contributed by atoms with van der Waals surface area (Å²) in [7, 11) is 1.47. The van der Waals surface area contributed by atoms with Gasteiger partial charge in [-0.05, 0) is 56.5 Å². The number of hydrogen-bond acceptors (Lipinski definition) is 6. The molecule has 0 bridgehead atoms. The first kappa shape index (κ1) is 24.0. The van der Waals surface area contributed by atoms with Crippen molar-refractivity contribution >= 4 is 23.4 Å². The highest BCUT2D eigenvalue weighted by molar-refractivity contribution is 5.95. The highest BCUT2D eigenvalue weighted by atomic mass is 16.5. The lowest BCUT2D eigenvalue weighted by atomic mass is 10.1. The van der Waals surface area contributed by atoms with Crippen LogP contribution in [0.1, 0.15) is 47.4 Å². The minimum atomic E-state index is -0.470. The number of aryl methyl sites for hydroxylation is 3. The van der Waals surface area contributed by atoms with Gasteiger partial charge >= 0.3 is 12.0 Å². The maximum atomic E-state index is 12.4. The third kappa shape index (κ3) is 7.16. The molecule has 2 amide bonds. The SMILES string of the molecule is CCCc1nc(OC)c(NC(=O)NCCNc2cc(C)cc(C)c2)cc1C(=O)OCC. The molecule has 0 saturated carbocycles. The molecule has 0 saturated heterocycles. The van der Waals surface area contributed by atoms with Crippen molar-refractivity contribution < 1.29 is 19.1 Å². The summed E-state index contributed by atoms with van der Waals surface area (Å²) < 4.78 is 10.4. The molecule has 0 unspecified atom stereocenters. The van der Waals surface area contributed by atoms with E-state index in [0.29, 0.717) is 36.5 Å². The number of carbonyl (C=O) groups is 2. The lowest BCUT2D eigenvalue weighted by Gasteiger charge is -2.15. The van der Waals surface area contributed by atoms with Gasteiger partial charge in [0.15, 0.2) is 0 Å². The van der Waals surface area contributed by atoms with Crippen molar-refractivity contribution in [3.8, 4) is 5.88 Å². The van der Waals surface area contributed by atoms with Gasteiger partial charge in [-0.15, -0.1) is 0 Å². The number of nitrogens with one attached hydrogen (secondary N) is 3. The van der Waals surface area contributed by atoms with Crippen LogP contribution in [-0.4, -0.2) is 43.8 Å². The van der Waals surface area contributed by atoms with Crippen molar-refractivity contribution in [3.63, 3.8) is 0 Å². The largest absolute Gasteiger partial charge is 0.480 e. The normalized spacial score (nSPS) is 10.4. The van der Waals surface area contributed by atoms with Crippen LogP contribution in [-0.2, 0) is 11.2 Å². The Bertz CT molecular complexity index is 894. The molecular weight excluding hydrogens is 396 g/mol. The van der Waals surface area contributed by atoms with Crippen molar-refractivity contribution in [3.05, 3.63) is 46.6 Å². The summed E-state index contributed by atoms with van der Waals surface area (Å²) >= 11 is 0. The molecule has 8 heteroatoms. The molecule has 2 rings (SSSR count). The first-order valence-electron chi connectivity index (χ1n) is 10.5. The van der Waals surface area contributed by atoms with Crippen molar-refractivity contribution in [2.24, 2.45) is 0 Å². The molecule has 0 aliphatic carbocycles. The highest BCUT2D eigenvalue weighted by Gasteiger charge is 2.19. The third-order valence-electron chi connectivity index (χ3n) is 4.45. The number of nitrogens with zero attached hydrogens (tertiary/aromatic N) is 1. The smallest absolute Gasteiger partial charge is 0.340 e. The van der Waals surface area contributed by atoms with E-state index in [2.05, 4.69) is 39.1 Å². The summed E-state index contributed by atoms with van der Waals surface area (Å²) in [6.45, 7) is 9.06. The average molecular weight is 429 g/mol. The number of esters is 1. The van der Waals surface area contributed by atoms with Gasteiger partial charge in [-0.2, -0.15) is 0 Å². The maximum Gasteiger partial charge on any atom is 0.340 e. The number of methoxy groups -OCH3 is 1. The van der Waals surface area contributed by atoms with Gasteiger partial charge in [-0.3, -0.25) is 0 Å². The standard InChI is InChI=1S/C23H32N4O4/c1-6-8-19-18(22(28)31-7-2)14-20(21(26-19)30-5)27-23(29)25-10-9-24-17-12-15(3)11-16(4)13-17/h11-14,24H,6-10H2,1-5H3,(H2,25,27,29). The molecule has 0 aliphatic rings. The zero-order valence-electron chi connectivity index (χ0n) is 18.9. The second-order valence-corrected chi connectivity index (χ2v) is 7.19. The van der Waals surface area contributed by atoms with Crippen molar-refractivity contribution in [1.29, 1.82) is 0 Å². The topological polar surface area (TPSA) is 102 Å². The van der Waals surface area contributed by atoms with Crippen molar-refractivity contribution in [2.45, 2.75) is 40.5 Å². The minimum absolute atomic E-state index is 0.250. The Morgan fingerprint density at radius 1 is 1.03 bits per heavy atom. The molecule has 0 spiro atoms. The van der Waals surface area contributed by atoms with Gasteiger partial charge in [0.1, 0.15) is 5.69 Å². The fraction of sp³-hybridized carbons (Fsp3) is 0.435. The Balaban J connectivity index is 2.01. The summed E-state index contributed by atoms with van der Waals surface area (Å²) in [5.41, 5.74) is 4.59. The van der Waals surface area contributed by atoms with Crippen LogP contribution in [0.15, 0.2) is 24.3 Å². The summed E-state index contributed by atoms with van der Waals surface area (Å²) in [6, 6.07) is 7.36. The van der Waals surface area contributed by atoms with Gasteiger partial charge in [-0.25, -0.2) is 14.6 Å². The molecule has 3 N–H and O–H groups in total. The molecule has 168 valence electrons. The van der Waals surface area contributed by atoms with Crippen LogP contribution in [0.5, 0.6) is 5.88 Å². The molecule has 31 heavy (non-hydrogen) atoms. The van der Waals surface area contributed by atoms with Crippen LogP contribution in [0.4, 0.5) is 16.2 Å². The molecule has 1 aromatic carbocycles. The number of hydrogen-bond donors (Lipinski definition) is 3. The maximum absolute atomic E-state index is 12.4. The average Bonchev–Trinajstić information content (AvgIpc) is 2.71. The predicted molar refractivity (Wildman–Crippen MR) is 122 cm³/mol. The molecule has 0 fully saturated rings. The Morgan fingerprint density at radius 2 is 1.74 bits per heavy atom. The second kappa shape index (κ2) is 11.8. The number of anilines is 2. The van der Waals surface area contributed by atoms with Gasteiger partial charge in [0.25, 0.3) is 0 Å². The minimum Gasteiger partial charge on any atom is -0.480 e. The molecule has 8 nitrogen and oxygen atoms in total. The van der Waals surface area contributed by atoms with Crippen LogP contribution in [0.3, 0.4) is 0 Å². The number of benzene rings is 1. The van der Waals surface area contributed by atoms with Crippen LogP contribution < -0.4 is 20.7 Å². The number of pyridine rings is 1. The Labute approximate surface area is 183 Å². The summed E-state index contributed by atoms with van der Waals surface area (Å²) in [5.74, 6) is -0.220. The second-order valence-electron chi connectivity index (χ2n) is 7.19. The molecular formula is C23H32N4O4. The first-order valence-corrected chi connectivity index (χ1v) is 10.5. The number of ether oxygens (including phenoxy) is 2. The highest BCUT2D eigenvalue weighted by Crippen LogP contribution is 2.26. The molecule has 0 radical (unpaired) electrons. The zero-order chi connectivity index (χ0) is 22.8. The lowest BCUT2D eigenvalue weighted by molar-refractivity contribution is 0.0524. The van der Waals surface area contributed by atoms with Gasteiger partial charge in [0, 0.05) is 18.8 Å². The van der Waals surface area contributed by atoms with Gasteiger partial charge in [0.05, 0.1) is 25.0 Å². The number of amides is 2. The Kier molecular flexibility index (Phi) is 9.12. The van der Waals surface area contributed by atoms with E-state index in [-0.39, 0.29) is 12.5 Å². The van der Waals surface area contributed by atoms with Crippen LogP contribution >= 0.6 is 0 Å². The fourth-order valence-electron chi connectivity index (χ4n) is 3.22. The molecule has 1 aromatic heterocycles. The van der Waals surface area contributed by atoms with E-state index in [1.807, 2.05) is 20.8 Å². The zero-order valence-corrected chi connectivity index (χ0v) is 18.9. The van der Waals surface area contributed by atoms with Crippen LogP contribution in [0, 0.1) is 13.8 Å².